The SMILES string of the molecule is O=c1cccnn1CC(O)COc1ccc2c(c1)CCC1(CCN(C3CCC3)CC1)O2. The van der Waals surface area contributed by atoms with Crippen molar-refractivity contribution in [1.29, 1.82) is 0 Å². The van der Waals surface area contributed by atoms with Crippen LogP contribution in [0.2, 0.25) is 0 Å². The molecule has 2 aliphatic heterocycles. The van der Waals surface area contributed by atoms with Crippen LogP contribution in [0.4, 0.5) is 0 Å². The van der Waals surface area contributed by atoms with Gasteiger partial charge in [-0.3, -0.25) is 4.79 Å². The van der Waals surface area contributed by atoms with Crippen molar-refractivity contribution in [3.8, 4) is 11.5 Å². The molecular weight excluding hydrogens is 394 g/mol. The third-order valence-corrected chi connectivity index (χ3v) is 7.12. The van der Waals surface area contributed by atoms with Crippen molar-refractivity contribution in [1.82, 2.24) is 14.7 Å². The Labute approximate surface area is 182 Å². The van der Waals surface area contributed by atoms with Gasteiger partial charge in [0.05, 0.1) is 6.54 Å². The van der Waals surface area contributed by atoms with Crippen LogP contribution in [0, 0.1) is 0 Å². The molecule has 31 heavy (non-hydrogen) atoms. The van der Waals surface area contributed by atoms with Gasteiger partial charge in [0.2, 0.25) is 0 Å². The predicted octanol–water partition coefficient (Wildman–Crippen LogP) is 2.40. The summed E-state index contributed by atoms with van der Waals surface area (Å²) < 4.78 is 13.6. The maximum atomic E-state index is 11.7. The quantitative estimate of drug-likeness (QED) is 0.766. The van der Waals surface area contributed by atoms with E-state index in [0.29, 0.717) is 5.75 Å². The Balaban J connectivity index is 1.15. The minimum Gasteiger partial charge on any atom is -0.491 e. The Morgan fingerprint density at radius 3 is 2.81 bits per heavy atom. The van der Waals surface area contributed by atoms with Gasteiger partial charge < -0.3 is 19.5 Å². The van der Waals surface area contributed by atoms with Crippen LogP contribution in [0.25, 0.3) is 0 Å². The monoisotopic (exact) mass is 425 g/mol. The number of likely N-dealkylation sites (tertiary alicyclic amines) is 1. The van der Waals surface area contributed by atoms with Gasteiger partial charge in [0.1, 0.15) is 29.8 Å². The van der Waals surface area contributed by atoms with E-state index in [1.807, 2.05) is 18.2 Å². The second-order valence-corrected chi connectivity index (χ2v) is 9.18. The highest BCUT2D eigenvalue weighted by molar-refractivity contribution is 5.42. The molecule has 1 atom stereocenters. The number of aryl methyl sites for hydroxylation is 1. The highest BCUT2D eigenvalue weighted by Crippen LogP contribution is 2.41. The molecule has 1 aromatic heterocycles. The van der Waals surface area contributed by atoms with Crippen molar-refractivity contribution < 1.29 is 14.6 Å². The third kappa shape index (κ3) is 4.48. The summed E-state index contributed by atoms with van der Waals surface area (Å²) in [6.07, 6.45) is 9.10. The first kappa shape index (κ1) is 20.5. The molecule has 1 saturated heterocycles. The predicted molar refractivity (Wildman–Crippen MR) is 117 cm³/mol. The van der Waals surface area contributed by atoms with Crippen LogP contribution in [0.3, 0.4) is 0 Å². The Kier molecular flexibility index (Phi) is 5.71. The van der Waals surface area contributed by atoms with E-state index in [2.05, 4.69) is 10.00 Å². The van der Waals surface area contributed by atoms with Crippen molar-refractivity contribution in [2.45, 2.75) is 69.2 Å². The minimum absolute atomic E-state index is 0.0121. The summed E-state index contributed by atoms with van der Waals surface area (Å²) in [4.78, 5) is 14.4. The number of aliphatic hydroxyl groups excluding tert-OH is 1. The second kappa shape index (κ2) is 8.63. The first-order chi connectivity index (χ1) is 15.1. The zero-order valence-corrected chi connectivity index (χ0v) is 17.9. The molecule has 0 amide bonds. The lowest BCUT2D eigenvalue weighted by atomic mass is 9.81. The number of nitrogens with zero attached hydrogens (tertiary/aromatic N) is 3. The zero-order chi connectivity index (χ0) is 21.3. The Morgan fingerprint density at radius 2 is 2.06 bits per heavy atom. The number of aliphatic hydroxyl groups is 1. The summed E-state index contributed by atoms with van der Waals surface area (Å²) in [5.74, 6) is 1.68. The molecule has 7 heteroatoms. The summed E-state index contributed by atoms with van der Waals surface area (Å²) in [6, 6.07) is 9.75. The van der Waals surface area contributed by atoms with E-state index in [1.54, 1.807) is 6.07 Å². The molecule has 1 spiro atoms. The second-order valence-electron chi connectivity index (χ2n) is 9.18. The van der Waals surface area contributed by atoms with Gasteiger partial charge >= 0.3 is 0 Å². The Morgan fingerprint density at radius 1 is 1.23 bits per heavy atom. The van der Waals surface area contributed by atoms with Gasteiger partial charge in [-0.15, -0.1) is 0 Å². The lowest BCUT2D eigenvalue weighted by Crippen LogP contribution is -2.53. The molecule has 3 aliphatic rings. The average molecular weight is 426 g/mol. The lowest BCUT2D eigenvalue weighted by Gasteiger charge is -2.48. The van der Waals surface area contributed by atoms with Gasteiger partial charge in [-0.05, 0) is 68.4 Å². The molecule has 1 N–H and O–H groups in total. The van der Waals surface area contributed by atoms with Crippen LogP contribution in [-0.4, -0.2) is 57.2 Å². The molecule has 7 nitrogen and oxygen atoms in total. The average Bonchev–Trinajstić information content (AvgIpc) is 2.74. The molecule has 1 aromatic carbocycles. The molecule has 2 aromatic rings. The first-order valence-corrected chi connectivity index (χ1v) is 11.5. The summed E-state index contributed by atoms with van der Waals surface area (Å²) in [7, 11) is 0. The topological polar surface area (TPSA) is 76.8 Å². The van der Waals surface area contributed by atoms with Gasteiger partial charge in [0.25, 0.3) is 5.56 Å². The van der Waals surface area contributed by atoms with E-state index in [0.717, 1.165) is 50.6 Å². The molecule has 166 valence electrons. The fourth-order valence-corrected chi connectivity index (χ4v) is 4.96. The fraction of sp³-hybridized carbons (Fsp3) is 0.583. The van der Waals surface area contributed by atoms with Crippen LogP contribution in [0.15, 0.2) is 41.3 Å². The van der Waals surface area contributed by atoms with Crippen LogP contribution in [-0.2, 0) is 13.0 Å². The molecule has 0 radical (unpaired) electrons. The normalized spacial score (nSPS) is 21.7. The van der Waals surface area contributed by atoms with Crippen molar-refractivity contribution >= 4 is 0 Å². The van der Waals surface area contributed by atoms with Crippen molar-refractivity contribution in [3.63, 3.8) is 0 Å². The first-order valence-electron chi connectivity index (χ1n) is 11.5. The summed E-state index contributed by atoms with van der Waals surface area (Å²) in [5.41, 5.74) is 0.918. The number of ether oxygens (including phenoxy) is 2. The van der Waals surface area contributed by atoms with Gasteiger partial charge in [-0.2, -0.15) is 5.10 Å². The molecule has 1 aliphatic carbocycles. The van der Waals surface area contributed by atoms with E-state index < -0.39 is 6.10 Å². The Hall–Kier alpha value is -2.38. The highest BCUT2D eigenvalue weighted by Gasteiger charge is 2.41. The van der Waals surface area contributed by atoms with E-state index >= 15 is 0 Å². The molecule has 1 unspecified atom stereocenters. The van der Waals surface area contributed by atoms with E-state index in [1.165, 1.54) is 41.8 Å². The largest absolute Gasteiger partial charge is 0.491 e. The number of fused-ring (bicyclic) bond motifs is 1. The number of hydrogen-bond donors (Lipinski definition) is 1. The van der Waals surface area contributed by atoms with Crippen molar-refractivity contribution in [2.75, 3.05) is 19.7 Å². The van der Waals surface area contributed by atoms with E-state index in [-0.39, 0.29) is 24.3 Å². The van der Waals surface area contributed by atoms with E-state index in [9.17, 15) is 9.90 Å². The smallest absolute Gasteiger partial charge is 0.266 e. The molecule has 2 fully saturated rings. The zero-order valence-electron chi connectivity index (χ0n) is 17.9. The van der Waals surface area contributed by atoms with Gasteiger partial charge in [0.15, 0.2) is 0 Å². The number of aromatic nitrogens is 2. The third-order valence-electron chi connectivity index (χ3n) is 7.12. The van der Waals surface area contributed by atoms with Crippen molar-refractivity contribution in [3.05, 3.63) is 52.4 Å². The molecular formula is C24H31N3O4. The summed E-state index contributed by atoms with van der Waals surface area (Å²) in [6.45, 7) is 2.51. The Bertz CT molecular complexity index is 963. The number of hydrogen-bond acceptors (Lipinski definition) is 6. The molecule has 0 bridgehead atoms. The highest BCUT2D eigenvalue weighted by atomic mass is 16.5. The maximum Gasteiger partial charge on any atom is 0.266 e. The molecule has 5 rings (SSSR count). The number of rotatable bonds is 6. The lowest BCUT2D eigenvalue weighted by molar-refractivity contribution is -0.0337. The molecule has 1 saturated carbocycles. The van der Waals surface area contributed by atoms with Crippen LogP contribution in [0.5, 0.6) is 11.5 Å². The minimum atomic E-state index is -0.816. The van der Waals surface area contributed by atoms with Gasteiger partial charge in [0, 0.05) is 31.4 Å². The summed E-state index contributed by atoms with van der Waals surface area (Å²) >= 11 is 0. The van der Waals surface area contributed by atoms with Crippen LogP contribution >= 0.6 is 0 Å². The maximum absolute atomic E-state index is 11.7. The fourth-order valence-electron chi connectivity index (χ4n) is 4.96. The van der Waals surface area contributed by atoms with Crippen molar-refractivity contribution in [2.24, 2.45) is 0 Å². The van der Waals surface area contributed by atoms with Crippen LogP contribution < -0.4 is 15.0 Å². The molecule has 3 heterocycles. The van der Waals surface area contributed by atoms with Crippen LogP contribution in [0.1, 0.15) is 44.1 Å². The standard InChI is InChI=1S/C24H31N3O4/c28-20(16-27-23(29)5-2-12-25-27)17-30-21-6-7-22-18(15-21)8-9-24(31-22)10-13-26(14-11-24)19-3-1-4-19/h2,5-7,12,15,19-20,28H,1,3-4,8-11,13-14,16-17H2. The number of piperidine rings is 1. The number of benzene rings is 1. The summed E-state index contributed by atoms with van der Waals surface area (Å²) in [5, 5.41) is 14.2. The van der Waals surface area contributed by atoms with Gasteiger partial charge in [-0.25, -0.2) is 4.68 Å². The van der Waals surface area contributed by atoms with E-state index in [4.69, 9.17) is 9.47 Å². The van der Waals surface area contributed by atoms with Gasteiger partial charge in [-0.1, -0.05) is 6.42 Å².